The van der Waals surface area contributed by atoms with E-state index in [4.69, 9.17) is 40.1 Å². The molecule has 1 aromatic carbocycles. The van der Waals surface area contributed by atoms with Gasteiger partial charge in [0.05, 0.1) is 38.3 Å². The summed E-state index contributed by atoms with van der Waals surface area (Å²) >= 11 is 18.8. The lowest BCUT2D eigenvalue weighted by Crippen LogP contribution is -2.13. The van der Waals surface area contributed by atoms with Crippen LogP contribution in [0.1, 0.15) is 16.8 Å². The Morgan fingerprint density at radius 3 is 2.46 bits per heavy atom. The zero-order valence-corrected chi connectivity index (χ0v) is 15.0. The number of nitrogens with zero attached hydrogens (tertiary/aromatic N) is 3. The number of hydrogen-bond acceptors (Lipinski definition) is 3. The smallest absolute Gasteiger partial charge is 0.192 e. The van der Waals surface area contributed by atoms with Crippen molar-refractivity contribution in [2.24, 2.45) is 0 Å². The molecular formula is C17H10Cl3N3O. The van der Waals surface area contributed by atoms with Crippen LogP contribution in [0.2, 0.25) is 15.2 Å². The molecule has 0 aliphatic carbocycles. The van der Waals surface area contributed by atoms with Gasteiger partial charge in [-0.25, -0.2) is 4.98 Å². The van der Waals surface area contributed by atoms with Crippen molar-refractivity contribution in [3.05, 3.63) is 66.6 Å². The minimum absolute atomic E-state index is 0.0792. The summed E-state index contributed by atoms with van der Waals surface area (Å²) in [5, 5.41) is 10.1. The Bertz CT molecular complexity index is 1070. The lowest BCUT2D eigenvalue weighted by atomic mass is 10.1. The third kappa shape index (κ3) is 2.55. The van der Waals surface area contributed by atoms with Crippen molar-refractivity contribution in [3.8, 4) is 11.8 Å². The van der Waals surface area contributed by atoms with Gasteiger partial charge in [0.25, 0.3) is 0 Å². The maximum Gasteiger partial charge on any atom is 0.192 e. The molecule has 3 aromatic rings. The van der Waals surface area contributed by atoms with Gasteiger partial charge in [-0.15, -0.1) is 0 Å². The zero-order chi connectivity index (χ0) is 17.6. The Morgan fingerprint density at radius 1 is 1.12 bits per heavy atom. The molecule has 0 spiro atoms. The van der Waals surface area contributed by atoms with Crippen LogP contribution in [0.25, 0.3) is 16.6 Å². The fourth-order valence-corrected chi connectivity index (χ4v) is 3.58. The van der Waals surface area contributed by atoms with Gasteiger partial charge in [-0.1, -0.05) is 34.8 Å². The molecule has 0 fully saturated rings. The van der Waals surface area contributed by atoms with Gasteiger partial charge in [0, 0.05) is 18.0 Å². The fourth-order valence-electron chi connectivity index (χ4n) is 2.77. The summed E-state index contributed by atoms with van der Waals surface area (Å²) in [6.07, 6.45) is 1.40. The molecule has 120 valence electrons. The third-order valence-corrected chi connectivity index (χ3v) is 4.58. The number of fused-ring (bicyclic) bond motifs is 1. The number of hydrogen-bond donors (Lipinski definition) is 0. The first kappa shape index (κ1) is 16.8. The topological polar surface area (TPSA) is 58.7 Å². The molecule has 0 saturated heterocycles. The maximum atomic E-state index is 12.4. The highest BCUT2D eigenvalue weighted by Crippen LogP contribution is 2.33. The molecule has 0 amide bonds. The van der Waals surface area contributed by atoms with Crippen LogP contribution < -0.4 is 5.43 Å². The second-order valence-corrected chi connectivity index (χ2v) is 6.51. The lowest BCUT2D eigenvalue weighted by Gasteiger charge is -2.19. The minimum Gasteiger partial charge on any atom is -0.310 e. The number of halogens is 3. The molecule has 4 nitrogen and oxygen atoms in total. The van der Waals surface area contributed by atoms with E-state index in [1.165, 1.54) is 12.3 Å². The molecule has 0 bridgehead atoms. The maximum absolute atomic E-state index is 12.4. The van der Waals surface area contributed by atoms with E-state index >= 15 is 0 Å². The van der Waals surface area contributed by atoms with Crippen LogP contribution in [-0.2, 0) is 0 Å². The Hall–Kier alpha value is -2.06. The first-order chi connectivity index (χ1) is 11.3. The summed E-state index contributed by atoms with van der Waals surface area (Å²) in [4.78, 5) is 16.3. The largest absolute Gasteiger partial charge is 0.310 e. The Morgan fingerprint density at radius 2 is 1.83 bits per heavy atom. The molecule has 0 saturated carbocycles. The summed E-state index contributed by atoms with van der Waals surface area (Å²) in [5.41, 5.74) is 2.69. The lowest BCUT2D eigenvalue weighted by molar-refractivity contribution is 1.01. The Kier molecular flexibility index (Phi) is 4.27. The van der Waals surface area contributed by atoms with Crippen LogP contribution in [0.5, 0.6) is 0 Å². The number of benzene rings is 1. The normalized spacial score (nSPS) is 10.8. The molecule has 0 radical (unpaired) electrons. The van der Waals surface area contributed by atoms with E-state index < -0.39 is 0 Å². The molecule has 0 aliphatic rings. The summed E-state index contributed by atoms with van der Waals surface area (Å²) < 4.78 is 1.77. The third-order valence-electron chi connectivity index (χ3n) is 3.73. The van der Waals surface area contributed by atoms with Crippen LogP contribution in [0.3, 0.4) is 0 Å². The van der Waals surface area contributed by atoms with Crippen LogP contribution in [0.15, 0.2) is 29.2 Å². The molecule has 0 N–H and O–H groups in total. The van der Waals surface area contributed by atoms with E-state index in [2.05, 4.69) is 11.1 Å². The fraction of sp³-hybridized carbons (Fsp3) is 0.118. The summed E-state index contributed by atoms with van der Waals surface area (Å²) in [6.45, 7) is 3.61. The van der Waals surface area contributed by atoms with Gasteiger partial charge in [0.15, 0.2) is 5.43 Å². The number of aryl methyl sites for hydroxylation is 2. The highest BCUT2D eigenvalue weighted by Gasteiger charge is 2.18. The van der Waals surface area contributed by atoms with E-state index in [0.29, 0.717) is 27.5 Å². The van der Waals surface area contributed by atoms with Gasteiger partial charge in [0.1, 0.15) is 5.15 Å². The molecular weight excluding hydrogens is 369 g/mol. The molecule has 7 heteroatoms. The first-order valence-electron chi connectivity index (χ1n) is 6.92. The molecule has 0 unspecified atom stereocenters. The van der Waals surface area contributed by atoms with E-state index in [1.807, 2.05) is 6.92 Å². The number of pyridine rings is 2. The number of aromatic nitrogens is 2. The molecule has 2 heterocycles. The van der Waals surface area contributed by atoms with Crippen LogP contribution in [-0.4, -0.2) is 9.55 Å². The highest BCUT2D eigenvalue weighted by atomic mass is 35.5. The average molecular weight is 379 g/mol. The second kappa shape index (κ2) is 6.10. The van der Waals surface area contributed by atoms with E-state index in [0.717, 1.165) is 5.56 Å². The van der Waals surface area contributed by atoms with Gasteiger partial charge in [0.2, 0.25) is 0 Å². The van der Waals surface area contributed by atoms with E-state index in [9.17, 15) is 4.79 Å². The predicted octanol–water partition coefficient (Wildman–Crippen LogP) is 4.83. The van der Waals surface area contributed by atoms with E-state index in [1.54, 1.807) is 23.6 Å². The molecule has 2 aromatic heterocycles. The van der Waals surface area contributed by atoms with Crippen LogP contribution in [0, 0.1) is 25.2 Å². The van der Waals surface area contributed by atoms with Crippen LogP contribution >= 0.6 is 34.8 Å². The van der Waals surface area contributed by atoms with Gasteiger partial charge < -0.3 is 4.57 Å². The zero-order valence-electron chi connectivity index (χ0n) is 12.7. The van der Waals surface area contributed by atoms with Gasteiger partial charge >= 0.3 is 0 Å². The Labute approximate surface area is 152 Å². The van der Waals surface area contributed by atoms with Crippen molar-refractivity contribution in [1.82, 2.24) is 9.55 Å². The summed E-state index contributed by atoms with van der Waals surface area (Å²) in [6, 6.07) is 6.82. The quantitative estimate of drug-likeness (QED) is 0.570. The summed E-state index contributed by atoms with van der Waals surface area (Å²) in [7, 11) is 0. The van der Waals surface area contributed by atoms with Crippen LogP contribution in [0.4, 0.5) is 0 Å². The van der Waals surface area contributed by atoms with Gasteiger partial charge in [-0.05, 0) is 31.5 Å². The molecule has 0 atom stereocenters. The number of rotatable bonds is 1. The molecule has 0 aliphatic heterocycles. The van der Waals surface area contributed by atoms with Crippen molar-refractivity contribution in [2.45, 2.75) is 13.8 Å². The van der Waals surface area contributed by atoms with Crippen molar-refractivity contribution < 1.29 is 0 Å². The minimum atomic E-state index is -0.263. The molecule has 24 heavy (non-hydrogen) atoms. The number of nitriles is 1. The predicted molar refractivity (Wildman–Crippen MR) is 96.6 cm³/mol. The highest BCUT2D eigenvalue weighted by molar-refractivity contribution is 6.39. The standard InChI is InChI=1S/C17H10Cl3N3O/c1-8-3-10(6-21)5-11(18)15(8)23-9(2)4-13(24)14-16(23)12(19)7-22-17(14)20/h3-5,7H,1-2H3. The SMILES string of the molecule is Cc1cc(C#N)cc(Cl)c1-n1c(C)cc(=O)c2c(Cl)ncc(Cl)c21. The van der Waals surface area contributed by atoms with E-state index in [-0.39, 0.29) is 21.0 Å². The first-order valence-corrected chi connectivity index (χ1v) is 8.05. The molecule has 3 rings (SSSR count). The van der Waals surface area contributed by atoms with Gasteiger partial charge in [-0.3, -0.25) is 4.79 Å². The van der Waals surface area contributed by atoms with Crippen molar-refractivity contribution >= 4 is 45.7 Å². The second-order valence-electron chi connectivity index (χ2n) is 5.34. The summed E-state index contributed by atoms with van der Waals surface area (Å²) in [5.74, 6) is 0. The van der Waals surface area contributed by atoms with Crippen molar-refractivity contribution in [2.75, 3.05) is 0 Å². The monoisotopic (exact) mass is 377 g/mol. The van der Waals surface area contributed by atoms with Crippen molar-refractivity contribution in [3.63, 3.8) is 0 Å². The van der Waals surface area contributed by atoms with Crippen molar-refractivity contribution in [1.29, 1.82) is 5.26 Å². The van der Waals surface area contributed by atoms with Gasteiger partial charge in [-0.2, -0.15) is 5.26 Å². The average Bonchev–Trinajstić information content (AvgIpc) is 2.52. The Balaban J connectivity index is 2.56.